The highest BCUT2D eigenvalue weighted by Crippen LogP contribution is 2.27. The lowest BCUT2D eigenvalue weighted by Crippen LogP contribution is -2.41. The maximum atomic E-state index is 13.2. The van der Waals surface area contributed by atoms with Gasteiger partial charge in [0.15, 0.2) is 0 Å². The molecule has 33 heavy (non-hydrogen) atoms. The lowest BCUT2D eigenvalue weighted by Gasteiger charge is -2.30. The van der Waals surface area contributed by atoms with Crippen molar-refractivity contribution in [2.45, 2.75) is 30.6 Å². The topological polar surface area (TPSA) is 82.6 Å². The molecule has 8 heteroatoms. The number of fused-ring (bicyclic) bond motifs is 1. The number of pyridine rings is 1. The number of carbonyl (C=O) groups is 1. The van der Waals surface area contributed by atoms with Gasteiger partial charge < -0.3 is 10.2 Å². The predicted octanol–water partition coefficient (Wildman–Crippen LogP) is 3.87. The van der Waals surface area contributed by atoms with Crippen molar-refractivity contribution >= 4 is 38.2 Å². The Bertz CT molecular complexity index is 1250. The molecule has 0 atom stereocenters. The highest BCUT2D eigenvalue weighted by Gasteiger charge is 2.32. The van der Waals surface area contributed by atoms with Crippen LogP contribution in [0.5, 0.6) is 0 Å². The minimum Gasteiger partial charge on any atom is -0.370 e. The minimum absolute atomic E-state index is 0.0980. The van der Waals surface area contributed by atoms with E-state index in [2.05, 4.69) is 15.2 Å². The van der Waals surface area contributed by atoms with Gasteiger partial charge in [-0.2, -0.15) is 4.31 Å². The molecule has 2 saturated heterocycles. The van der Waals surface area contributed by atoms with E-state index >= 15 is 0 Å². The summed E-state index contributed by atoms with van der Waals surface area (Å²) in [5, 5.41) is 4.81. The molecule has 1 aromatic heterocycles. The number of hydrogen-bond donors (Lipinski definition) is 1. The third-order valence-corrected chi connectivity index (χ3v) is 8.55. The number of rotatable bonds is 5. The largest absolute Gasteiger partial charge is 0.370 e. The zero-order valence-corrected chi connectivity index (χ0v) is 19.3. The van der Waals surface area contributed by atoms with Crippen molar-refractivity contribution < 1.29 is 13.2 Å². The number of hydrogen-bond acceptors (Lipinski definition) is 5. The first kappa shape index (κ1) is 21.9. The van der Waals surface area contributed by atoms with Crippen molar-refractivity contribution in [3.8, 4) is 0 Å². The molecule has 0 unspecified atom stereocenters. The van der Waals surface area contributed by atoms with Crippen molar-refractivity contribution in [2.75, 3.05) is 36.4 Å². The molecule has 0 aliphatic carbocycles. The fourth-order valence-corrected chi connectivity index (χ4v) is 6.19. The molecule has 2 fully saturated rings. The van der Waals surface area contributed by atoms with Crippen LogP contribution < -0.4 is 10.2 Å². The Morgan fingerprint density at radius 3 is 2.33 bits per heavy atom. The highest BCUT2D eigenvalue weighted by molar-refractivity contribution is 7.89. The van der Waals surface area contributed by atoms with E-state index in [0.717, 1.165) is 29.5 Å². The predicted molar refractivity (Wildman–Crippen MR) is 130 cm³/mol. The molecule has 2 aromatic carbocycles. The van der Waals surface area contributed by atoms with Gasteiger partial charge in [-0.3, -0.25) is 4.79 Å². The number of anilines is 2. The summed E-state index contributed by atoms with van der Waals surface area (Å²) in [7, 11) is -3.59. The maximum Gasteiger partial charge on any atom is 0.243 e. The Labute approximate surface area is 194 Å². The second-order valence-corrected chi connectivity index (χ2v) is 10.7. The van der Waals surface area contributed by atoms with Crippen LogP contribution in [0.25, 0.3) is 10.8 Å². The number of sulfonamides is 1. The van der Waals surface area contributed by atoms with Crippen molar-refractivity contribution in [1.29, 1.82) is 0 Å². The number of nitrogens with one attached hydrogen (secondary N) is 1. The van der Waals surface area contributed by atoms with Gasteiger partial charge in [0.05, 0.1) is 16.8 Å². The number of aromatic nitrogens is 1. The molecule has 172 valence electrons. The molecule has 2 aliphatic heterocycles. The summed E-state index contributed by atoms with van der Waals surface area (Å²) in [5.74, 6) is 0.210. The fraction of sp³-hybridized carbons (Fsp3) is 0.360. The summed E-state index contributed by atoms with van der Waals surface area (Å²) in [5.41, 5.74) is 1.08. The van der Waals surface area contributed by atoms with Crippen molar-refractivity contribution in [3.05, 3.63) is 60.8 Å². The molecule has 7 nitrogen and oxygen atoms in total. The molecule has 0 bridgehead atoms. The minimum atomic E-state index is -3.59. The van der Waals surface area contributed by atoms with Gasteiger partial charge in [0, 0.05) is 32.1 Å². The average molecular weight is 465 g/mol. The molecule has 0 radical (unpaired) electrons. The normalized spacial score (nSPS) is 18.0. The Kier molecular flexibility index (Phi) is 6.03. The first-order chi connectivity index (χ1) is 16.0. The van der Waals surface area contributed by atoms with Crippen LogP contribution in [0.15, 0.2) is 65.7 Å². The summed E-state index contributed by atoms with van der Waals surface area (Å²) in [4.78, 5) is 19.7. The highest BCUT2D eigenvalue weighted by atomic mass is 32.2. The number of carbonyl (C=O) groups excluding carboxylic acids is 1. The third kappa shape index (κ3) is 4.58. The Balaban J connectivity index is 1.19. The summed E-state index contributed by atoms with van der Waals surface area (Å²) < 4.78 is 27.8. The van der Waals surface area contributed by atoms with E-state index in [9.17, 15) is 13.2 Å². The van der Waals surface area contributed by atoms with E-state index in [-0.39, 0.29) is 11.8 Å². The Morgan fingerprint density at radius 1 is 0.909 bits per heavy atom. The lowest BCUT2D eigenvalue weighted by atomic mass is 9.97. The molecule has 3 heterocycles. The van der Waals surface area contributed by atoms with Gasteiger partial charge in [-0.1, -0.05) is 30.3 Å². The van der Waals surface area contributed by atoms with Gasteiger partial charge >= 0.3 is 0 Å². The van der Waals surface area contributed by atoms with Gasteiger partial charge in [-0.25, -0.2) is 13.4 Å². The van der Waals surface area contributed by atoms with Gasteiger partial charge in [0.1, 0.15) is 5.82 Å². The van der Waals surface area contributed by atoms with Crippen LogP contribution >= 0.6 is 0 Å². The van der Waals surface area contributed by atoms with Crippen LogP contribution in [-0.2, 0) is 14.8 Å². The van der Waals surface area contributed by atoms with E-state index < -0.39 is 10.0 Å². The Morgan fingerprint density at radius 2 is 1.64 bits per heavy atom. The molecular formula is C25H28N4O3S. The van der Waals surface area contributed by atoms with Crippen molar-refractivity contribution in [2.24, 2.45) is 5.92 Å². The van der Waals surface area contributed by atoms with Crippen LogP contribution in [0.2, 0.25) is 0 Å². The number of piperidine rings is 1. The Hall–Kier alpha value is -2.97. The number of nitrogens with zero attached hydrogens (tertiary/aromatic N) is 3. The van der Waals surface area contributed by atoms with Crippen LogP contribution in [0.1, 0.15) is 25.7 Å². The van der Waals surface area contributed by atoms with E-state index in [1.807, 2.05) is 42.5 Å². The molecule has 5 rings (SSSR count). The maximum absolute atomic E-state index is 13.2. The zero-order chi connectivity index (χ0) is 22.8. The summed E-state index contributed by atoms with van der Waals surface area (Å²) in [6.45, 7) is 2.76. The molecule has 0 saturated carbocycles. The quantitative estimate of drug-likeness (QED) is 0.620. The molecule has 2 aliphatic rings. The van der Waals surface area contributed by atoms with Gasteiger partial charge in [0.2, 0.25) is 15.9 Å². The van der Waals surface area contributed by atoms with E-state index in [1.54, 1.807) is 18.3 Å². The van der Waals surface area contributed by atoms with Crippen molar-refractivity contribution in [3.63, 3.8) is 0 Å². The molecule has 0 spiro atoms. The van der Waals surface area contributed by atoms with E-state index in [0.29, 0.717) is 36.6 Å². The van der Waals surface area contributed by atoms with E-state index in [4.69, 9.17) is 0 Å². The summed E-state index contributed by atoms with van der Waals surface area (Å²) >= 11 is 0. The van der Waals surface area contributed by atoms with Crippen LogP contribution in [0.4, 0.5) is 11.5 Å². The van der Waals surface area contributed by atoms with Gasteiger partial charge in [0.25, 0.3) is 0 Å². The summed E-state index contributed by atoms with van der Waals surface area (Å²) in [6, 6.07) is 16.8. The molecular weight excluding hydrogens is 436 g/mol. The van der Waals surface area contributed by atoms with Crippen LogP contribution in [0.3, 0.4) is 0 Å². The standard InChI is InChI=1S/C25H28N4O3S/c30-25(27-24-10-8-22(18-26-24)28-13-3-4-14-28)20-11-15-29(16-12-20)33(31,32)23-9-7-19-5-1-2-6-21(19)17-23/h1-2,5-10,17-18,20H,3-4,11-16H2,(H,26,27,30). The number of amides is 1. The molecule has 1 amide bonds. The molecule has 3 aromatic rings. The lowest BCUT2D eigenvalue weighted by molar-refractivity contribution is -0.120. The monoisotopic (exact) mass is 464 g/mol. The molecule has 1 N–H and O–H groups in total. The smallest absolute Gasteiger partial charge is 0.243 e. The zero-order valence-electron chi connectivity index (χ0n) is 18.5. The van der Waals surface area contributed by atoms with Crippen molar-refractivity contribution in [1.82, 2.24) is 9.29 Å². The summed E-state index contributed by atoms with van der Waals surface area (Å²) in [6.07, 6.45) is 5.19. The fourth-order valence-electron chi connectivity index (χ4n) is 4.69. The van der Waals surface area contributed by atoms with Crippen LogP contribution in [-0.4, -0.2) is 49.8 Å². The van der Waals surface area contributed by atoms with E-state index in [1.165, 1.54) is 17.1 Å². The second kappa shape index (κ2) is 9.11. The van der Waals surface area contributed by atoms with Gasteiger partial charge in [-0.15, -0.1) is 0 Å². The number of benzene rings is 2. The van der Waals surface area contributed by atoms with Gasteiger partial charge in [-0.05, 0) is 60.7 Å². The van der Waals surface area contributed by atoms with Crippen LogP contribution in [0, 0.1) is 5.92 Å². The first-order valence-corrected chi connectivity index (χ1v) is 13.0. The second-order valence-electron chi connectivity index (χ2n) is 8.77. The third-order valence-electron chi connectivity index (χ3n) is 6.65. The average Bonchev–Trinajstić information content (AvgIpc) is 3.39. The SMILES string of the molecule is O=C(Nc1ccc(N2CCCC2)cn1)C1CCN(S(=O)(=O)c2ccc3ccccc3c2)CC1. The first-order valence-electron chi connectivity index (χ1n) is 11.5.